The summed E-state index contributed by atoms with van der Waals surface area (Å²) in [5, 5.41) is 3.98. The van der Waals surface area contributed by atoms with Crippen molar-refractivity contribution in [3.8, 4) is 0 Å². The Balaban J connectivity index is 2.20. The molecule has 0 spiro atoms. The number of amides is 1. The molecule has 0 bridgehead atoms. The average Bonchev–Trinajstić information content (AvgIpc) is 2.90. The molecule has 1 aromatic heterocycles. The topological polar surface area (TPSA) is 45.2 Å². The first kappa shape index (κ1) is 11.6. The molecular weight excluding hydrogens is 234 g/mol. The maximum Gasteiger partial charge on any atom is 0.247 e. The molecule has 0 aliphatic heterocycles. The summed E-state index contributed by atoms with van der Waals surface area (Å²) in [5.41, 5.74) is 3.93. The molecule has 1 N–H and O–H groups in total. The molecule has 0 unspecified atom stereocenters. The second-order valence-corrected chi connectivity index (χ2v) is 4.25. The first-order valence-corrected chi connectivity index (χ1v) is 6.23. The zero-order valence-electron chi connectivity index (χ0n) is 9.46. The summed E-state index contributed by atoms with van der Waals surface area (Å²) in [6.45, 7) is 1.83. The van der Waals surface area contributed by atoms with E-state index in [2.05, 4.69) is 10.4 Å². The molecule has 5 heteroatoms. The van der Waals surface area contributed by atoms with Crippen LogP contribution in [0.3, 0.4) is 0 Å². The lowest BCUT2D eigenvalue weighted by atomic mass is 10.3. The van der Waals surface area contributed by atoms with Gasteiger partial charge in [-0.15, -0.1) is 11.3 Å². The van der Waals surface area contributed by atoms with Crippen molar-refractivity contribution in [2.75, 3.05) is 10.4 Å². The summed E-state index contributed by atoms with van der Waals surface area (Å²) < 4.78 is 0. The predicted octanol–water partition coefficient (Wildman–Crippen LogP) is 2.91. The van der Waals surface area contributed by atoms with Crippen LogP contribution in [0, 0.1) is 0 Å². The molecule has 1 aromatic carbocycles. The fourth-order valence-electron chi connectivity index (χ4n) is 1.34. The molecule has 0 aliphatic rings. The van der Waals surface area contributed by atoms with Crippen molar-refractivity contribution in [2.45, 2.75) is 13.3 Å². The number of carbonyl (C=O) groups excluding carboxylic acids is 1. The Kier molecular flexibility index (Phi) is 3.72. The standard InChI is InChI=1S/C12H13N3OS/c1-2-11(16)15(12-13-8-9-17-12)14-10-6-4-3-5-7-10/h3-9,14H,2H2,1H3. The number of rotatable bonds is 4. The molecule has 0 aliphatic carbocycles. The van der Waals surface area contributed by atoms with Crippen LogP contribution in [0.1, 0.15) is 13.3 Å². The number of nitrogens with one attached hydrogen (secondary N) is 1. The first-order valence-electron chi connectivity index (χ1n) is 5.35. The highest BCUT2D eigenvalue weighted by Gasteiger charge is 2.16. The summed E-state index contributed by atoms with van der Waals surface area (Å²) in [6, 6.07) is 9.57. The van der Waals surface area contributed by atoms with E-state index in [-0.39, 0.29) is 5.91 Å². The van der Waals surface area contributed by atoms with Crippen LogP contribution >= 0.6 is 11.3 Å². The third-order valence-electron chi connectivity index (χ3n) is 2.18. The molecule has 2 aromatic rings. The van der Waals surface area contributed by atoms with Crippen LogP contribution < -0.4 is 10.4 Å². The van der Waals surface area contributed by atoms with Crippen LogP contribution in [0.4, 0.5) is 10.8 Å². The minimum atomic E-state index is -0.0104. The van der Waals surface area contributed by atoms with Crippen molar-refractivity contribution in [1.82, 2.24) is 4.98 Å². The normalized spacial score (nSPS) is 9.94. The van der Waals surface area contributed by atoms with E-state index in [1.54, 1.807) is 6.20 Å². The van der Waals surface area contributed by atoms with Gasteiger partial charge in [0.15, 0.2) is 0 Å². The minimum absolute atomic E-state index is 0.0104. The Morgan fingerprint density at radius 3 is 2.76 bits per heavy atom. The molecule has 0 saturated carbocycles. The van der Waals surface area contributed by atoms with E-state index in [0.717, 1.165) is 5.69 Å². The van der Waals surface area contributed by atoms with Crippen LogP contribution in [0.2, 0.25) is 0 Å². The number of para-hydroxylation sites is 1. The molecule has 88 valence electrons. The van der Waals surface area contributed by atoms with E-state index in [0.29, 0.717) is 11.6 Å². The number of nitrogens with zero attached hydrogens (tertiary/aromatic N) is 2. The highest BCUT2D eigenvalue weighted by atomic mass is 32.1. The Morgan fingerprint density at radius 2 is 2.18 bits per heavy atom. The number of hydrazine groups is 1. The van der Waals surface area contributed by atoms with Gasteiger partial charge in [-0.25, -0.2) is 4.98 Å². The van der Waals surface area contributed by atoms with E-state index in [4.69, 9.17) is 0 Å². The Morgan fingerprint density at radius 1 is 1.41 bits per heavy atom. The lowest BCUT2D eigenvalue weighted by Crippen LogP contribution is -2.35. The van der Waals surface area contributed by atoms with Crippen LogP contribution in [0.5, 0.6) is 0 Å². The molecular formula is C12H13N3OS. The Hall–Kier alpha value is -1.88. The molecule has 17 heavy (non-hydrogen) atoms. The van der Waals surface area contributed by atoms with Crippen molar-refractivity contribution >= 4 is 28.1 Å². The van der Waals surface area contributed by atoms with Crippen LogP contribution in [0.15, 0.2) is 41.9 Å². The Labute approximate surface area is 104 Å². The van der Waals surface area contributed by atoms with Crippen molar-refractivity contribution in [3.63, 3.8) is 0 Å². The van der Waals surface area contributed by atoms with E-state index in [1.165, 1.54) is 16.3 Å². The summed E-state index contributed by atoms with van der Waals surface area (Å²) >= 11 is 1.43. The van der Waals surface area contributed by atoms with Crippen molar-refractivity contribution < 1.29 is 4.79 Å². The molecule has 0 radical (unpaired) electrons. The largest absolute Gasteiger partial charge is 0.289 e. The maximum atomic E-state index is 11.8. The number of carbonyl (C=O) groups is 1. The van der Waals surface area contributed by atoms with Gasteiger partial charge in [0.1, 0.15) is 0 Å². The van der Waals surface area contributed by atoms with Gasteiger partial charge in [0, 0.05) is 18.0 Å². The molecule has 0 atom stereocenters. The van der Waals surface area contributed by atoms with Crippen LogP contribution in [0.25, 0.3) is 0 Å². The number of hydrogen-bond donors (Lipinski definition) is 1. The van der Waals surface area contributed by atoms with Gasteiger partial charge < -0.3 is 0 Å². The fourth-order valence-corrected chi connectivity index (χ4v) is 1.96. The third-order valence-corrected chi connectivity index (χ3v) is 2.93. The van der Waals surface area contributed by atoms with Gasteiger partial charge in [0.25, 0.3) is 0 Å². The van der Waals surface area contributed by atoms with E-state index >= 15 is 0 Å². The molecule has 2 rings (SSSR count). The quantitative estimate of drug-likeness (QED) is 0.845. The van der Waals surface area contributed by atoms with Gasteiger partial charge in [-0.2, -0.15) is 5.01 Å². The zero-order valence-corrected chi connectivity index (χ0v) is 10.3. The second-order valence-electron chi connectivity index (χ2n) is 3.38. The molecule has 0 saturated heterocycles. The number of aromatic nitrogens is 1. The van der Waals surface area contributed by atoms with Gasteiger partial charge in [0.2, 0.25) is 11.0 Å². The lowest BCUT2D eigenvalue weighted by Gasteiger charge is -2.20. The van der Waals surface area contributed by atoms with Gasteiger partial charge in [-0.3, -0.25) is 10.2 Å². The van der Waals surface area contributed by atoms with E-state index in [1.807, 2.05) is 42.6 Å². The summed E-state index contributed by atoms with van der Waals surface area (Å²) in [5.74, 6) is -0.0104. The lowest BCUT2D eigenvalue weighted by molar-refractivity contribution is -0.118. The third kappa shape index (κ3) is 2.82. The van der Waals surface area contributed by atoms with Crippen LogP contribution in [-0.4, -0.2) is 10.9 Å². The number of benzene rings is 1. The summed E-state index contributed by atoms with van der Waals surface area (Å²) in [6.07, 6.45) is 2.11. The number of hydrogen-bond acceptors (Lipinski definition) is 4. The highest BCUT2D eigenvalue weighted by molar-refractivity contribution is 7.13. The molecule has 1 heterocycles. The minimum Gasteiger partial charge on any atom is -0.289 e. The van der Waals surface area contributed by atoms with Crippen molar-refractivity contribution in [3.05, 3.63) is 41.9 Å². The SMILES string of the molecule is CCC(=O)N(Nc1ccccc1)c1nccs1. The maximum absolute atomic E-state index is 11.8. The predicted molar refractivity (Wildman–Crippen MR) is 70.0 cm³/mol. The smallest absolute Gasteiger partial charge is 0.247 e. The fraction of sp³-hybridized carbons (Fsp3) is 0.167. The van der Waals surface area contributed by atoms with E-state index < -0.39 is 0 Å². The average molecular weight is 247 g/mol. The van der Waals surface area contributed by atoms with Crippen molar-refractivity contribution in [1.29, 1.82) is 0 Å². The monoisotopic (exact) mass is 247 g/mol. The highest BCUT2D eigenvalue weighted by Crippen LogP contribution is 2.19. The van der Waals surface area contributed by atoms with Crippen LogP contribution in [-0.2, 0) is 4.79 Å². The van der Waals surface area contributed by atoms with Gasteiger partial charge >= 0.3 is 0 Å². The van der Waals surface area contributed by atoms with Gasteiger partial charge in [-0.05, 0) is 12.1 Å². The zero-order chi connectivity index (χ0) is 12.1. The molecule has 0 fully saturated rings. The first-order chi connectivity index (χ1) is 8.31. The van der Waals surface area contributed by atoms with Crippen molar-refractivity contribution in [2.24, 2.45) is 0 Å². The molecule has 1 amide bonds. The summed E-state index contributed by atoms with van der Waals surface area (Å²) in [7, 11) is 0. The van der Waals surface area contributed by atoms with E-state index in [9.17, 15) is 4.79 Å². The summed E-state index contributed by atoms with van der Waals surface area (Å²) in [4.78, 5) is 16.0. The number of anilines is 2. The Bertz CT molecular complexity index is 470. The number of thiazole rings is 1. The van der Waals surface area contributed by atoms with Gasteiger partial charge in [-0.1, -0.05) is 25.1 Å². The second kappa shape index (κ2) is 5.45. The van der Waals surface area contributed by atoms with Gasteiger partial charge in [0.05, 0.1) is 5.69 Å². The molecule has 4 nitrogen and oxygen atoms in total.